The number of ether oxygens (including phenoxy) is 1. The van der Waals surface area contributed by atoms with E-state index in [1.54, 1.807) is 6.07 Å². The van der Waals surface area contributed by atoms with Crippen LogP contribution in [0.25, 0.3) is 0 Å². The first-order chi connectivity index (χ1) is 19.2. The van der Waals surface area contributed by atoms with Crippen molar-refractivity contribution in [2.45, 2.75) is 65.7 Å². The van der Waals surface area contributed by atoms with Gasteiger partial charge in [0.2, 0.25) is 0 Å². The van der Waals surface area contributed by atoms with Crippen LogP contribution < -0.4 is 14.4 Å². The largest absolute Gasteiger partial charge is 0.491 e. The third-order valence-electron chi connectivity index (χ3n) is 7.37. The van der Waals surface area contributed by atoms with Crippen molar-refractivity contribution in [1.82, 2.24) is 4.72 Å². The van der Waals surface area contributed by atoms with E-state index >= 15 is 0 Å². The monoisotopic (exact) mass is 584 g/mol. The number of carbonyl (C=O) groups excluding carboxylic acids is 1. The van der Waals surface area contributed by atoms with Crippen molar-refractivity contribution < 1.29 is 13.7 Å². The molecule has 1 amide bonds. The van der Waals surface area contributed by atoms with Crippen molar-refractivity contribution >= 4 is 34.2 Å². The zero-order valence-corrected chi connectivity index (χ0v) is 25.9. The van der Waals surface area contributed by atoms with Gasteiger partial charge in [-0.25, -0.2) is 4.21 Å². The van der Waals surface area contributed by atoms with Crippen LogP contribution in [0.4, 0.5) is 5.69 Å². The van der Waals surface area contributed by atoms with E-state index in [1.807, 2.05) is 30.3 Å². The Morgan fingerprint density at radius 1 is 1.27 bits per heavy atom. The zero-order valence-electron chi connectivity index (χ0n) is 24.3. The molecule has 2 aromatic carbocycles. The summed E-state index contributed by atoms with van der Waals surface area (Å²) in [5, 5.41) is 0.773. The summed E-state index contributed by atoms with van der Waals surface area (Å²) in [6.07, 6.45) is 13.5. The summed E-state index contributed by atoms with van der Waals surface area (Å²) in [7, 11) is -1.49. The molecule has 1 heterocycles. The minimum atomic E-state index is -1.49. The summed E-state index contributed by atoms with van der Waals surface area (Å²) < 4.78 is 21.1. The molecule has 0 bridgehead atoms. The Balaban J connectivity index is 1.77. The fourth-order valence-electron chi connectivity index (χ4n) is 5.05. The number of rotatable bonds is 15. The van der Waals surface area contributed by atoms with Gasteiger partial charge >= 0.3 is 0 Å². The molecule has 0 aliphatic carbocycles. The Morgan fingerprint density at radius 3 is 2.85 bits per heavy atom. The number of anilines is 1. The third-order valence-corrected chi connectivity index (χ3v) is 8.56. The summed E-state index contributed by atoms with van der Waals surface area (Å²) in [4.78, 5) is 15.3. The molecular weight excluding hydrogens is 540 g/mol. The molecule has 2 aromatic rings. The smallest absolute Gasteiger partial charge is 0.263 e. The maximum atomic E-state index is 12.9. The lowest BCUT2D eigenvalue weighted by molar-refractivity contribution is 0.0983. The molecule has 0 saturated heterocycles. The average Bonchev–Trinajstić information content (AvgIpc) is 3.06. The number of allylic oxidation sites excluding steroid dienone is 2. The maximum absolute atomic E-state index is 12.9. The number of benzene rings is 2. The van der Waals surface area contributed by atoms with Gasteiger partial charge in [-0.1, -0.05) is 69.2 Å². The van der Waals surface area contributed by atoms with Gasteiger partial charge in [0.1, 0.15) is 16.7 Å². The van der Waals surface area contributed by atoms with Crippen LogP contribution in [0.15, 0.2) is 67.3 Å². The van der Waals surface area contributed by atoms with Crippen LogP contribution in [0.1, 0.15) is 75.2 Å². The molecule has 0 radical (unpaired) electrons. The summed E-state index contributed by atoms with van der Waals surface area (Å²) >= 11 is 6.20. The number of hydrogen-bond donors (Lipinski definition) is 1. The Hall–Kier alpha value is -2.57. The molecule has 0 saturated carbocycles. The molecule has 1 aliphatic heterocycles. The first-order valence-corrected chi connectivity index (χ1v) is 16.1. The van der Waals surface area contributed by atoms with Crippen LogP contribution in [0, 0.1) is 11.3 Å². The van der Waals surface area contributed by atoms with Crippen LogP contribution in [-0.4, -0.2) is 35.6 Å². The Labute approximate surface area is 248 Å². The maximum Gasteiger partial charge on any atom is 0.263 e. The molecule has 3 atom stereocenters. The van der Waals surface area contributed by atoms with Gasteiger partial charge in [0, 0.05) is 29.1 Å². The minimum Gasteiger partial charge on any atom is -0.491 e. The number of amides is 1. The Bertz CT molecular complexity index is 1180. The van der Waals surface area contributed by atoms with E-state index in [1.165, 1.54) is 18.1 Å². The van der Waals surface area contributed by atoms with Gasteiger partial charge in [0.25, 0.3) is 5.91 Å². The van der Waals surface area contributed by atoms with E-state index in [-0.39, 0.29) is 17.1 Å². The van der Waals surface area contributed by atoms with Crippen molar-refractivity contribution in [3.05, 3.63) is 83.4 Å². The molecule has 0 fully saturated rings. The fraction of sp³-hybridized carbons (Fsp3) is 0.485. The number of fused-ring (bicyclic) bond motifs is 1. The van der Waals surface area contributed by atoms with E-state index in [4.69, 9.17) is 16.3 Å². The molecule has 0 spiro atoms. The molecule has 5 nitrogen and oxygen atoms in total. The molecule has 218 valence electrons. The number of hydrogen-bond acceptors (Lipinski definition) is 4. The van der Waals surface area contributed by atoms with Crippen molar-refractivity contribution in [3.8, 4) is 5.75 Å². The van der Waals surface area contributed by atoms with Crippen molar-refractivity contribution in [1.29, 1.82) is 0 Å². The van der Waals surface area contributed by atoms with Gasteiger partial charge < -0.3 is 9.64 Å². The number of aryl methyl sites for hydroxylation is 1. The molecule has 1 N–H and O–H groups in total. The highest BCUT2D eigenvalue weighted by Crippen LogP contribution is 2.39. The van der Waals surface area contributed by atoms with Crippen LogP contribution in [0.3, 0.4) is 0 Å². The first-order valence-electron chi connectivity index (χ1n) is 14.4. The van der Waals surface area contributed by atoms with E-state index in [0.717, 1.165) is 68.1 Å². The summed E-state index contributed by atoms with van der Waals surface area (Å²) in [5.41, 5.74) is 2.59. The standard InChI is InChI=1S/C33H45ClN2O3S/c1-5-7-8-9-12-26(3)18-20-36-24-33(4,19-11-14-27-13-10-15-29(34)22-27)25-39-31-17-16-28(23-30(31)36)32(37)35-40(38)21-6-2/h6,8-10,13,15-17,22-23,26H,2,5,7,11-12,14,18-21,24-25H2,1,3-4H3,(H,35,37)/b9-8+. The summed E-state index contributed by atoms with van der Waals surface area (Å²) in [5.74, 6) is 1.19. The van der Waals surface area contributed by atoms with E-state index in [2.05, 4.69) is 55.2 Å². The topological polar surface area (TPSA) is 58.6 Å². The average molecular weight is 585 g/mol. The van der Waals surface area contributed by atoms with E-state index < -0.39 is 11.0 Å². The SMILES string of the molecule is C=CCS(=O)NC(=O)c1ccc2c(c1)N(CCC(C)C/C=C/CCC)CC(C)(CCCc1cccc(Cl)c1)CO2. The molecule has 3 unspecified atom stereocenters. The highest BCUT2D eigenvalue weighted by atomic mass is 35.5. The number of halogens is 1. The van der Waals surface area contributed by atoms with Crippen molar-refractivity contribution in [2.24, 2.45) is 11.3 Å². The molecule has 40 heavy (non-hydrogen) atoms. The van der Waals surface area contributed by atoms with Gasteiger partial charge in [-0.3, -0.25) is 9.52 Å². The van der Waals surface area contributed by atoms with Crippen LogP contribution in [0.5, 0.6) is 5.75 Å². The van der Waals surface area contributed by atoms with Gasteiger partial charge in [-0.15, -0.1) is 6.58 Å². The molecule has 3 rings (SSSR count). The van der Waals surface area contributed by atoms with Crippen LogP contribution in [0.2, 0.25) is 5.02 Å². The number of unbranched alkanes of at least 4 members (excludes halogenated alkanes) is 1. The second-order valence-electron chi connectivity index (χ2n) is 11.3. The Morgan fingerprint density at radius 2 is 2.10 bits per heavy atom. The molecule has 7 heteroatoms. The lowest BCUT2D eigenvalue weighted by atomic mass is 9.84. The van der Waals surface area contributed by atoms with E-state index in [0.29, 0.717) is 18.1 Å². The van der Waals surface area contributed by atoms with E-state index in [9.17, 15) is 9.00 Å². The van der Waals surface area contributed by atoms with Crippen molar-refractivity contribution in [3.63, 3.8) is 0 Å². The van der Waals surface area contributed by atoms with Gasteiger partial charge in [0.05, 0.1) is 18.0 Å². The fourth-order valence-corrected chi connectivity index (χ4v) is 5.89. The lowest BCUT2D eigenvalue weighted by Gasteiger charge is -2.34. The van der Waals surface area contributed by atoms with Crippen molar-refractivity contribution in [2.75, 3.05) is 30.3 Å². The highest BCUT2D eigenvalue weighted by Gasteiger charge is 2.33. The molecule has 1 aliphatic rings. The van der Waals surface area contributed by atoms with Gasteiger partial charge in [-0.05, 0) is 80.3 Å². The summed E-state index contributed by atoms with van der Waals surface area (Å²) in [6.45, 7) is 12.7. The number of nitrogens with zero attached hydrogens (tertiary/aromatic N) is 1. The number of carbonyl (C=O) groups is 1. The van der Waals surface area contributed by atoms with Crippen LogP contribution in [-0.2, 0) is 17.4 Å². The first kappa shape index (κ1) is 32.0. The zero-order chi connectivity index (χ0) is 29.0. The van der Waals surface area contributed by atoms with Gasteiger partial charge in [0.15, 0.2) is 0 Å². The normalized spacial score (nSPS) is 18.4. The quantitative estimate of drug-likeness (QED) is 0.216. The van der Waals surface area contributed by atoms with Gasteiger partial charge in [-0.2, -0.15) is 0 Å². The minimum absolute atomic E-state index is 0.0598. The molecular formula is C33H45ClN2O3S. The Kier molecular flexibility index (Phi) is 12.8. The predicted molar refractivity (Wildman–Crippen MR) is 170 cm³/mol. The van der Waals surface area contributed by atoms with Crippen LogP contribution >= 0.6 is 11.6 Å². The molecule has 0 aromatic heterocycles. The summed E-state index contributed by atoms with van der Waals surface area (Å²) in [6, 6.07) is 13.6. The highest BCUT2D eigenvalue weighted by molar-refractivity contribution is 7.83. The lowest BCUT2D eigenvalue weighted by Crippen LogP contribution is -2.38. The predicted octanol–water partition coefficient (Wildman–Crippen LogP) is 7.92. The second-order valence-corrected chi connectivity index (χ2v) is 13.0. The number of nitrogens with one attached hydrogen (secondary N) is 1. The second kappa shape index (κ2) is 16.0. The third kappa shape index (κ3) is 10.1.